The molecule has 3 aromatic rings. The van der Waals surface area contributed by atoms with Crippen LogP contribution in [0.3, 0.4) is 0 Å². The Labute approximate surface area is 183 Å². The lowest BCUT2D eigenvalue weighted by Gasteiger charge is -2.19. The predicted molar refractivity (Wildman–Crippen MR) is 115 cm³/mol. The first-order valence-electron chi connectivity index (χ1n) is 9.72. The van der Waals surface area contributed by atoms with E-state index < -0.39 is 30.3 Å². The Bertz CT molecular complexity index is 1100. The van der Waals surface area contributed by atoms with E-state index in [1.54, 1.807) is 0 Å². The normalized spacial score (nSPS) is 13.2. The van der Waals surface area contributed by atoms with Gasteiger partial charge in [-0.2, -0.15) is 0 Å². The first kappa shape index (κ1) is 20.9. The number of carbonyl (C=O) groups is 2. The van der Waals surface area contributed by atoms with Gasteiger partial charge >= 0.3 is 12.1 Å². The molecule has 1 aliphatic carbocycles. The van der Waals surface area contributed by atoms with Crippen LogP contribution in [0.4, 0.5) is 9.18 Å². The smallest absolute Gasteiger partial charge is 0.407 e. The van der Waals surface area contributed by atoms with Crippen LogP contribution in [-0.2, 0) is 9.53 Å². The predicted octanol–water partition coefficient (Wildman–Crippen LogP) is 5.53. The maximum absolute atomic E-state index is 13.5. The zero-order chi connectivity index (χ0) is 22.0. The van der Waals surface area contributed by atoms with E-state index in [1.807, 2.05) is 48.5 Å². The van der Waals surface area contributed by atoms with Gasteiger partial charge in [0.1, 0.15) is 12.4 Å². The van der Waals surface area contributed by atoms with Gasteiger partial charge in [-0.15, -0.1) is 0 Å². The molecule has 0 radical (unpaired) electrons. The number of amides is 1. The largest absolute Gasteiger partial charge is 0.481 e. The Morgan fingerprint density at radius 3 is 2.23 bits per heavy atom. The van der Waals surface area contributed by atoms with Crippen LogP contribution >= 0.6 is 11.6 Å². The van der Waals surface area contributed by atoms with Gasteiger partial charge in [0.15, 0.2) is 0 Å². The molecule has 158 valence electrons. The molecule has 1 atom stereocenters. The minimum Gasteiger partial charge on any atom is -0.481 e. The van der Waals surface area contributed by atoms with E-state index >= 15 is 0 Å². The molecule has 0 unspecified atom stereocenters. The Morgan fingerprint density at radius 1 is 1.03 bits per heavy atom. The van der Waals surface area contributed by atoms with Crippen LogP contribution in [0, 0.1) is 5.82 Å². The van der Waals surface area contributed by atoms with E-state index in [0.29, 0.717) is 5.56 Å². The molecule has 1 aliphatic rings. The van der Waals surface area contributed by atoms with E-state index in [0.717, 1.165) is 28.3 Å². The summed E-state index contributed by atoms with van der Waals surface area (Å²) in [4.78, 5) is 23.8. The van der Waals surface area contributed by atoms with Crippen LogP contribution in [-0.4, -0.2) is 23.8 Å². The molecule has 4 rings (SSSR count). The van der Waals surface area contributed by atoms with Crippen molar-refractivity contribution in [1.29, 1.82) is 0 Å². The lowest BCUT2D eigenvalue weighted by Crippen LogP contribution is -2.31. The number of fused-ring (bicyclic) bond motifs is 3. The summed E-state index contributed by atoms with van der Waals surface area (Å²) in [7, 11) is 0. The molecule has 2 N–H and O–H groups in total. The number of carbonyl (C=O) groups excluding carboxylic acids is 1. The number of aliphatic carboxylic acids is 1. The summed E-state index contributed by atoms with van der Waals surface area (Å²) in [6.45, 7) is 0.101. The Balaban J connectivity index is 1.49. The SMILES string of the molecule is O=C(O)C[C@H](NC(=O)OCC1c2ccccc2-c2ccccc21)c1ccc(F)c(Cl)c1. The molecule has 1 amide bonds. The van der Waals surface area contributed by atoms with E-state index in [1.165, 1.54) is 12.1 Å². The van der Waals surface area contributed by atoms with Gasteiger partial charge < -0.3 is 15.2 Å². The quantitative estimate of drug-likeness (QED) is 0.529. The van der Waals surface area contributed by atoms with Gasteiger partial charge in [-0.1, -0.05) is 66.2 Å². The average molecular weight is 440 g/mol. The highest BCUT2D eigenvalue weighted by molar-refractivity contribution is 6.30. The number of halogens is 2. The minimum absolute atomic E-state index is 0.101. The minimum atomic E-state index is -1.12. The first-order valence-corrected chi connectivity index (χ1v) is 10.1. The van der Waals surface area contributed by atoms with Crippen molar-refractivity contribution >= 4 is 23.7 Å². The third kappa shape index (κ3) is 4.39. The summed E-state index contributed by atoms with van der Waals surface area (Å²) in [6.07, 6.45) is -1.15. The second kappa shape index (κ2) is 8.78. The van der Waals surface area contributed by atoms with Gasteiger partial charge in [0.05, 0.1) is 17.5 Å². The lowest BCUT2D eigenvalue weighted by molar-refractivity contribution is -0.137. The molecule has 0 aliphatic heterocycles. The maximum atomic E-state index is 13.5. The number of carboxylic acids is 1. The molecule has 0 aromatic heterocycles. The molecule has 0 spiro atoms. The summed E-state index contributed by atoms with van der Waals surface area (Å²) in [6, 6.07) is 18.8. The molecule has 5 nitrogen and oxygen atoms in total. The summed E-state index contributed by atoms with van der Waals surface area (Å²) >= 11 is 5.81. The summed E-state index contributed by atoms with van der Waals surface area (Å²) in [5.74, 6) is -1.86. The second-order valence-electron chi connectivity index (χ2n) is 7.29. The fraction of sp³-hybridized carbons (Fsp3) is 0.167. The van der Waals surface area contributed by atoms with Crippen LogP contribution in [0.25, 0.3) is 11.1 Å². The highest BCUT2D eigenvalue weighted by Crippen LogP contribution is 2.44. The standard InChI is InChI=1S/C24H19ClFNO4/c25-20-11-14(9-10-21(20)26)22(12-23(28)29)27-24(30)31-13-19-17-7-3-1-5-15(17)16-6-2-4-8-18(16)19/h1-11,19,22H,12-13H2,(H,27,30)(H,28,29)/t22-/m0/s1. The average Bonchev–Trinajstić information content (AvgIpc) is 3.07. The number of rotatable bonds is 6. The Morgan fingerprint density at radius 2 is 1.65 bits per heavy atom. The number of benzene rings is 3. The van der Waals surface area contributed by atoms with Gasteiger partial charge in [-0.3, -0.25) is 4.79 Å². The third-order valence-corrected chi connectivity index (χ3v) is 5.65. The fourth-order valence-electron chi connectivity index (χ4n) is 3.94. The summed E-state index contributed by atoms with van der Waals surface area (Å²) in [5.41, 5.74) is 4.74. The Hall–Kier alpha value is -3.38. The number of nitrogens with one attached hydrogen (secondary N) is 1. The number of hydrogen-bond donors (Lipinski definition) is 2. The maximum Gasteiger partial charge on any atom is 0.407 e. The first-order chi connectivity index (χ1) is 14.9. The molecule has 31 heavy (non-hydrogen) atoms. The van der Waals surface area contributed by atoms with Crippen molar-refractivity contribution in [3.05, 3.63) is 94.3 Å². The molecule has 0 fully saturated rings. The van der Waals surface area contributed by atoms with Crippen LogP contribution in [0.2, 0.25) is 5.02 Å². The fourth-order valence-corrected chi connectivity index (χ4v) is 4.13. The van der Waals surface area contributed by atoms with Gasteiger partial charge in [-0.05, 0) is 39.9 Å². The van der Waals surface area contributed by atoms with Crippen molar-refractivity contribution in [1.82, 2.24) is 5.32 Å². The zero-order valence-corrected chi connectivity index (χ0v) is 17.1. The highest BCUT2D eigenvalue weighted by atomic mass is 35.5. The number of carboxylic acid groups (broad SMARTS) is 1. The van der Waals surface area contributed by atoms with Crippen LogP contribution < -0.4 is 5.32 Å². The van der Waals surface area contributed by atoms with E-state index in [4.69, 9.17) is 16.3 Å². The van der Waals surface area contributed by atoms with Crippen molar-refractivity contribution < 1.29 is 23.8 Å². The topological polar surface area (TPSA) is 75.6 Å². The van der Waals surface area contributed by atoms with Gasteiger partial charge in [0.25, 0.3) is 0 Å². The zero-order valence-electron chi connectivity index (χ0n) is 16.3. The molecule has 3 aromatic carbocycles. The van der Waals surface area contributed by atoms with Crippen molar-refractivity contribution in [2.75, 3.05) is 6.61 Å². The van der Waals surface area contributed by atoms with Crippen LogP contribution in [0.1, 0.15) is 35.1 Å². The van der Waals surface area contributed by atoms with E-state index in [2.05, 4.69) is 5.32 Å². The van der Waals surface area contributed by atoms with Crippen LogP contribution in [0.5, 0.6) is 0 Å². The van der Waals surface area contributed by atoms with Crippen molar-refractivity contribution in [3.8, 4) is 11.1 Å². The van der Waals surface area contributed by atoms with Gasteiger partial charge in [0, 0.05) is 5.92 Å². The molecule has 0 saturated carbocycles. The monoisotopic (exact) mass is 439 g/mol. The van der Waals surface area contributed by atoms with Gasteiger partial charge in [0.2, 0.25) is 0 Å². The lowest BCUT2D eigenvalue weighted by atomic mass is 9.98. The Kier molecular flexibility index (Phi) is 5.91. The van der Waals surface area contributed by atoms with Crippen molar-refractivity contribution in [2.45, 2.75) is 18.4 Å². The molecule has 0 heterocycles. The van der Waals surface area contributed by atoms with E-state index in [9.17, 15) is 19.1 Å². The molecule has 0 saturated heterocycles. The molecule has 7 heteroatoms. The summed E-state index contributed by atoms with van der Waals surface area (Å²) < 4.78 is 18.9. The molecular weight excluding hydrogens is 421 g/mol. The molecular formula is C24H19ClFNO4. The van der Waals surface area contributed by atoms with Crippen molar-refractivity contribution in [2.24, 2.45) is 0 Å². The number of hydrogen-bond acceptors (Lipinski definition) is 3. The summed E-state index contributed by atoms with van der Waals surface area (Å²) in [5, 5.41) is 11.6. The second-order valence-corrected chi connectivity index (χ2v) is 7.70. The number of ether oxygens (including phenoxy) is 1. The highest BCUT2D eigenvalue weighted by Gasteiger charge is 2.29. The van der Waals surface area contributed by atoms with E-state index in [-0.39, 0.29) is 17.5 Å². The number of alkyl carbamates (subject to hydrolysis) is 1. The third-order valence-electron chi connectivity index (χ3n) is 5.36. The van der Waals surface area contributed by atoms with Crippen molar-refractivity contribution in [3.63, 3.8) is 0 Å². The van der Waals surface area contributed by atoms with Gasteiger partial charge in [-0.25, -0.2) is 9.18 Å². The van der Waals surface area contributed by atoms with Crippen LogP contribution in [0.15, 0.2) is 66.7 Å². The molecule has 0 bridgehead atoms.